The Kier molecular flexibility index (Phi) is 3.55. The molecule has 0 fully saturated rings. The highest BCUT2D eigenvalue weighted by molar-refractivity contribution is 5.81. The number of aromatic nitrogens is 2. The molecular weight excluding hydrogens is 202 g/mol. The molecule has 0 saturated carbocycles. The molecule has 1 N–H and O–H groups in total. The number of imidazole rings is 1. The first-order valence-electron chi connectivity index (χ1n) is 4.06. The van der Waals surface area contributed by atoms with Crippen molar-refractivity contribution in [2.45, 2.75) is 6.42 Å². The molecular formula is C8H9N3O4. The van der Waals surface area contributed by atoms with E-state index in [2.05, 4.69) is 14.7 Å². The van der Waals surface area contributed by atoms with Crippen LogP contribution in [0, 0.1) is 10.1 Å². The third-order valence-electron chi connectivity index (χ3n) is 1.57. The fourth-order valence-corrected chi connectivity index (χ4v) is 0.890. The average molecular weight is 211 g/mol. The number of ether oxygens (including phenoxy) is 1. The molecule has 0 spiro atoms. The lowest BCUT2D eigenvalue weighted by Crippen LogP contribution is -1.94. The third-order valence-corrected chi connectivity index (χ3v) is 1.57. The number of hydrogen-bond acceptors (Lipinski definition) is 5. The zero-order valence-electron chi connectivity index (χ0n) is 7.97. The van der Waals surface area contributed by atoms with Gasteiger partial charge < -0.3 is 14.9 Å². The van der Waals surface area contributed by atoms with Crippen molar-refractivity contribution in [2.75, 3.05) is 7.11 Å². The zero-order chi connectivity index (χ0) is 11.3. The van der Waals surface area contributed by atoms with Gasteiger partial charge in [-0.3, -0.25) is 0 Å². The highest BCUT2D eigenvalue weighted by Crippen LogP contribution is 2.05. The van der Waals surface area contributed by atoms with Crippen molar-refractivity contribution in [1.82, 2.24) is 9.97 Å². The molecule has 0 radical (unpaired) electrons. The Morgan fingerprint density at radius 3 is 3.07 bits per heavy atom. The lowest BCUT2D eigenvalue weighted by molar-refractivity contribution is -0.393. The van der Waals surface area contributed by atoms with Crippen molar-refractivity contribution >= 4 is 11.9 Å². The van der Waals surface area contributed by atoms with Crippen LogP contribution >= 0.6 is 0 Å². The minimum absolute atomic E-state index is 0.309. The van der Waals surface area contributed by atoms with Crippen LogP contribution in [0.2, 0.25) is 0 Å². The van der Waals surface area contributed by atoms with Crippen LogP contribution in [-0.2, 0) is 16.0 Å². The number of carbonyl (C=O) groups excluding carboxylic acids is 1. The number of rotatable bonds is 4. The van der Waals surface area contributed by atoms with Gasteiger partial charge in [0.15, 0.2) is 5.69 Å². The van der Waals surface area contributed by atoms with E-state index in [0.29, 0.717) is 12.1 Å². The molecule has 1 aromatic heterocycles. The number of nitro groups is 1. The number of methoxy groups -OCH3 is 1. The van der Waals surface area contributed by atoms with E-state index in [1.165, 1.54) is 25.5 Å². The smallest absolute Gasteiger partial charge is 0.432 e. The summed E-state index contributed by atoms with van der Waals surface area (Å²) < 4.78 is 4.37. The average Bonchev–Trinajstić information content (AvgIpc) is 2.66. The van der Waals surface area contributed by atoms with Crippen molar-refractivity contribution in [3.05, 3.63) is 34.2 Å². The molecule has 1 rings (SSSR count). The number of aromatic amines is 1. The normalized spacial score (nSPS) is 10.5. The number of nitrogens with zero attached hydrogens (tertiary/aromatic N) is 2. The summed E-state index contributed by atoms with van der Waals surface area (Å²) >= 11 is 0. The number of allylic oxidation sites excluding steroid dienone is 1. The van der Waals surface area contributed by atoms with Gasteiger partial charge in [-0.15, -0.1) is 0 Å². The minimum Gasteiger partial charge on any atom is -0.466 e. The van der Waals surface area contributed by atoms with E-state index in [4.69, 9.17) is 0 Å². The van der Waals surface area contributed by atoms with Crippen molar-refractivity contribution in [3.8, 4) is 0 Å². The molecule has 0 unspecified atom stereocenters. The molecule has 80 valence electrons. The van der Waals surface area contributed by atoms with Crippen LogP contribution in [0.3, 0.4) is 0 Å². The summed E-state index contributed by atoms with van der Waals surface area (Å²) in [6.07, 6.45) is 4.51. The standard InChI is InChI=1S/C8H9N3O4/c1-15-7(12)4-2-3-6-5-9-8(10-6)11(13)14/h2,4-5H,3H2,1H3,(H,9,10)/b4-2+. The molecule has 7 nitrogen and oxygen atoms in total. The van der Waals surface area contributed by atoms with Gasteiger partial charge in [0.1, 0.15) is 6.20 Å². The SMILES string of the molecule is COC(=O)/C=C/Cc1c[nH]c([N+](=O)[O-])n1. The Balaban J connectivity index is 2.55. The van der Waals surface area contributed by atoms with E-state index in [-0.39, 0.29) is 5.95 Å². The van der Waals surface area contributed by atoms with Gasteiger partial charge in [0.2, 0.25) is 0 Å². The third kappa shape index (κ3) is 3.22. The van der Waals surface area contributed by atoms with E-state index in [0.717, 1.165) is 0 Å². The van der Waals surface area contributed by atoms with Crippen molar-refractivity contribution < 1.29 is 14.5 Å². The quantitative estimate of drug-likeness (QED) is 0.340. The Bertz CT molecular complexity index is 396. The van der Waals surface area contributed by atoms with Crippen molar-refractivity contribution in [1.29, 1.82) is 0 Å². The second-order valence-corrected chi connectivity index (χ2v) is 2.60. The number of nitrogens with one attached hydrogen (secondary N) is 1. The van der Waals surface area contributed by atoms with Crippen molar-refractivity contribution in [2.24, 2.45) is 0 Å². The van der Waals surface area contributed by atoms with E-state index < -0.39 is 10.9 Å². The summed E-state index contributed by atoms with van der Waals surface area (Å²) in [7, 11) is 1.27. The molecule has 0 amide bonds. The van der Waals surface area contributed by atoms with Crippen LogP contribution < -0.4 is 0 Å². The van der Waals surface area contributed by atoms with Crippen LogP contribution in [0.25, 0.3) is 0 Å². The molecule has 0 bridgehead atoms. The van der Waals surface area contributed by atoms with Crippen LogP contribution in [0.1, 0.15) is 5.69 Å². The van der Waals surface area contributed by atoms with Gasteiger partial charge in [-0.05, 0) is 4.92 Å². The monoisotopic (exact) mass is 211 g/mol. The Morgan fingerprint density at radius 1 is 1.80 bits per heavy atom. The molecule has 0 aliphatic carbocycles. The molecule has 0 atom stereocenters. The Morgan fingerprint density at radius 2 is 2.53 bits per heavy atom. The van der Waals surface area contributed by atoms with Gasteiger partial charge in [-0.25, -0.2) is 9.78 Å². The number of H-pyrrole nitrogens is 1. The van der Waals surface area contributed by atoms with E-state index in [9.17, 15) is 14.9 Å². The van der Waals surface area contributed by atoms with Gasteiger partial charge in [-0.1, -0.05) is 11.1 Å². The van der Waals surface area contributed by atoms with Gasteiger partial charge in [-0.2, -0.15) is 0 Å². The highest BCUT2D eigenvalue weighted by Gasteiger charge is 2.09. The summed E-state index contributed by atoms with van der Waals surface area (Å²) in [6.45, 7) is 0. The topological polar surface area (TPSA) is 98.1 Å². The first kappa shape index (κ1) is 10.9. The van der Waals surface area contributed by atoms with Crippen LogP contribution in [-0.4, -0.2) is 28.0 Å². The molecule has 1 heterocycles. The van der Waals surface area contributed by atoms with Gasteiger partial charge in [0, 0.05) is 12.5 Å². The van der Waals surface area contributed by atoms with Gasteiger partial charge in [0.25, 0.3) is 0 Å². The predicted octanol–water partition coefficient (Wildman–Crippen LogP) is 0.590. The maximum atomic E-state index is 10.7. The summed E-state index contributed by atoms with van der Waals surface area (Å²) in [5.41, 5.74) is 0.488. The Labute approximate surface area is 84.9 Å². The largest absolute Gasteiger partial charge is 0.466 e. The molecule has 0 aliphatic heterocycles. The van der Waals surface area contributed by atoms with Crippen molar-refractivity contribution in [3.63, 3.8) is 0 Å². The van der Waals surface area contributed by atoms with Crippen LogP contribution in [0.4, 0.5) is 5.95 Å². The fraction of sp³-hybridized carbons (Fsp3) is 0.250. The maximum Gasteiger partial charge on any atom is 0.432 e. The lowest BCUT2D eigenvalue weighted by Gasteiger charge is -1.87. The first-order valence-corrected chi connectivity index (χ1v) is 4.06. The molecule has 0 aliphatic rings. The molecule has 1 aromatic rings. The number of esters is 1. The first-order chi connectivity index (χ1) is 7.13. The second-order valence-electron chi connectivity index (χ2n) is 2.60. The molecule has 0 saturated heterocycles. The number of hydrogen-bond donors (Lipinski definition) is 1. The summed E-state index contributed by atoms with van der Waals surface area (Å²) in [5.74, 6) is -0.781. The summed E-state index contributed by atoms with van der Waals surface area (Å²) in [4.78, 5) is 26.4. The van der Waals surface area contributed by atoms with Gasteiger partial charge >= 0.3 is 11.9 Å². The van der Waals surface area contributed by atoms with E-state index >= 15 is 0 Å². The molecule has 0 aromatic carbocycles. The minimum atomic E-state index is -0.618. The molecule has 15 heavy (non-hydrogen) atoms. The van der Waals surface area contributed by atoms with E-state index in [1.54, 1.807) is 0 Å². The maximum absolute atomic E-state index is 10.7. The predicted molar refractivity (Wildman–Crippen MR) is 50.1 cm³/mol. The van der Waals surface area contributed by atoms with Crippen LogP contribution in [0.15, 0.2) is 18.3 Å². The lowest BCUT2D eigenvalue weighted by atomic mass is 10.3. The second kappa shape index (κ2) is 4.89. The fourth-order valence-electron chi connectivity index (χ4n) is 0.890. The van der Waals surface area contributed by atoms with Crippen LogP contribution in [0.5, 0.6) is 0 Å². The highest BCUT2D eigenvalue weighted by atomic mass is 16.6. The zero-order valence-corrected chi connectivity index (χ0v) is 7.97. The van der Waals surface area contributed by atoms with Gasteiger partial charge in [0.05, 0.1) is 7.11 Å². The summed E-state index contributed by atoms with van der Waals surface area (Å²) in [5, 5.41) is 10.3. The molecule has 7 heteroatoms. The number of carbonyl (C=O) groups is 1. The summed E-state index contributed by atoms with van der Waals surface area (Å²) in [6, 6.07) is 0. The van der Waals surface area contributed by atoms with E-state index in [1.807, 2.05) is 0 Å². The Hall–Kier alpha value is -2.18.